The maximum absolute atomic E-state index is 13.7. The molecule has 1 aliphatic rings. The molecule has 0 saturated carbocycles. The molecule has 2 aromatic rings. The molecular formula is C21H27NO3S3. The summed E-state index contributed by atoms with van der Waals surface area (Å²) < 4.78 is 41.6. The van der Waals surface area contributed by atoms with Crippen LogP contribution in [0.2, 0.25) is 0 Å². The molecule has 0 spiro atoms. The van der Waals surface area contributed by atoms with E-state index in [9.17, 15) is 12.6 Å². The van der Waals surface area contributed by atoms with Crippen LogP contribution in [0.3, 0.4) is 0 Å². The Labute approximate surface area is 173 Å². The van der Waals surface area contributed by atoms with Crippen molar-refractivity contribution in [2.24, 2.45) is 5.92 Å². The van der Waals surface area contributed by atoms with Gasteiger partial charge >= 0.3 is 0 Å². The van der Waals surface area contributed by atoms with E-state index in [1.54, 1.807) is 36.4 Å². The van der Waals surface area contributed by atoms with Gasteiger partial charge in [0.2, 0.25) is 0 Å². The average Bonchev–Trinajstić information content (AvgIpc) is 2.95. The number of hydrogen-bond acceptors (Lipinski definition) is 4. The van der Waals surface area contributed by atoms with Gasteiger partial charge in [0, 0.05) is 20.0 Å². The first-order valence-electron chi connectivity index (χ1n) is 9.61. The molecule has 0 amide bonds. The average molecular weight is 438 g/mol. The highest BCUT2D eigenvalue weighted by Gasteiger charge is 2.43. The predicted molar refractivity (Wildman–Crippen MR) is 119 cm³/mol. The first kappa shape index (κ1) is 21.3. The van der Waals surface area contributed by atoms with Crippen molar-refractivity contribution >= 4 is 35.4 Å². The van der Waals surface area contributed by atoms with Gasteiger partial charge in [0.25, 0.3) is 10.0 Å². The van der Waals surface area contributed by atoms with Gasteiger partial charge < -0.3 is 0 Å². The topological polar surface area (TPSA) is 54.5 Å². The molecule has 0 N–H and O–H groups in total. The molecule has 2 aromatic carbocycles. The zero-order valence-corrected chi connectivity index (χ0v) is 18.7. The van der Waals surface area contributed by atoms with Crippen LogP contribution in [-0.4, -0.2) is 30.2 Å². The van der Waals surface area contributed by atoms with E-state index < -0.39 is 18.5 Å². The Morgan fingerprint density at radius 2 is 1.71 bits per heavy atom. The summed E-state index contributed by atoms with van der Waals surface area (Å²) in [5.41, 5.74) is 1.60. The van der Waals surface area contributed by atoms with Gasteiger partial charge in [-0.05, 0) is 54.7 Å². The van der Waals surface area contributed by atoms with E-state index in [2.05, 4.69) is 6.92 Å². The Balaban J connectivity index is 2.10. The molecule has 0 radical (unpaired) electrons. The van der Waals surface area contributed by atoms with Crippen LogP contribution >= 0.6 is 0 Å². The maximum atomic E-state index is 13.7. The van der Waals surface area contributed by atoms with Crippen LogP contribution in [0.4, 0.5) is 5.69 Å². The number of unbranched alkanes of at least 4 members (excludes halogenated alkanes) is 1. The molecular weight excluding hydrogens is 410 g/mol. The molecule has 0 aromatic heterocycles. The Morgan fingerprint density at radius 1 is 1.07 bits per heavy atom. The summed E-state index contributed by atoms with van der Waals surface area (Å²) in [5, 5.41) is 0. The standard InChI is InChI=1S/C21H27NO3S3/c1-3-4-8-18-15-27(23,26)16-21(18)22(19-9-6-5-7-10-19)28(24,25)20-13-11-17(2)12-14-20/h5-7,9-14,18,21H,3-4,8,15-16H2,1-2H3. The summed E-state index contributed by atoms with van der Waals surface area (Å²) in [5.74, 6) is 0.654. The molecule has 3 rings (SSSR count). The summed E-state index contributed by atoms with van der Waals surface area (Å²) in [6.07, 6.45) is 2.82. The first-order valence-corrected chi connectivity index (χ1v) is 13.9. The van der Waals surface area contributed by atoms with E-state index in [-0.39, 0.29) is 22.6 Å². The van der Waals surface area contributed by atoms with Gasteiger partial charge in [-0.1, -0.05) is 55.7 Å². The predicted octanol–water partition coefficient (Wildman–Crippen LogP) is 4.13. The Morgan fingerprint density at radius 3 is 2.32 bits per heavy atom. The third-order valence-corrected chi connectivity index (χ3v) is 9.72. The van der Waals surface area contributed by atoms with Crippen molar-refractivity contribution in [2.45, 2.75) is 44.0 Å². The van der Waals surface area contributed by atoms with Crippen molar-refractivity contribution in [1.29, 1.82) is 0 Å². The zero-order valence-electron chi connectivity index (χ0n) is 16.3. The number of benzene rings is 2. The number of rotatable bonds is 7. The summed E-state index contributed by atoms with van der Waals surface area (Å²) in [6.45, 7) is 4.03. The Bertz CT molecular complexity index is 1000. The molecule has 0 bridgehead atoms. The second-order valence-corrected chi connectivity index (χ2v) is 13.3. The molecule has 1 fully saturated rings. The fraction of sp³-hybridized carbons (Fsp3) is 0.429. The first-order chi connectivity index (χ1) is 13.2. The lowest BCUT2D eigenvalue weighted by molar-refractivity contribution is 0.457. The summed E-state index contributed by atoms with van der Waals surface area (Å²) in [6, 6.07) is 15.6. The van der Waals surface area contributed by atoms with Gasteiger partial charge in [-0.25, -0.2) is 8.42 Å². The SMILES string of the molecule is CCCCC1CS(=O)(=S)CC1N(c1ccccc1)S(=O)(=O)c1ccc(C)cc1. The number of sulfonamides is 1. The largest absolute Gasteiger partial charge is 0.264 e. The molecule has 152 valence electrons. The molecule has 28 heavy (non-hydrogen) atoms. The third kappa shape index (κ3) is 4.58. The smallest absolute Gasteiger partial charge is 0.262 e. The molecule has 4 nitrogen and oxygen atoms in total. The normalized spacial score (nSPS) is 24.9. The van der Waals surface area contributed by atoms with E-state index in [1.165, 1.54) is 4.31 Å². The van der Waals surface area contributed by atoms with E-state index in [0.717, 1.165) is 24.8 Å². The molecule has 1 aliphatic heterocycles. The lowest BCUT2D eigenvalue weighted by atomic mass is 9.97. The minimum absolute atomic E-state index is 0.00498. The van der Waals surface area contributed by atoms with E-state index in [4.69, 9.17) is 11.2 Å². The summed E-state index contributed by atoms with van der Waals surface area (Å²) >= 11 is 5.35. The highest BCUT2D eigenvalue weighted by atomic mass is 32.8. The van der Waals surface area contributed by atoms with Gasteiger partial charge in [-0.15, -0.1) is 0 Å². The molecule has 3 atom stereocenters. The lowest BCUT2D eigenvalue weighted by Crippen LogP contribution is -2.44. The van der Waals surface area contributed by atoms with Crippen LogP contribution < -0.4 is 4.31 Å². The van der Waals surface area contributed by atoms with Gasteiger partial charge in [0.1, 0.15) is 0 Å². The number of anilines is 1. The van der Waals surface area contributed by atoms with Crippen molar-refractivity contribution < 1.29 is 12.6 Å². The van der Waals surface area contributed by atoms with Gasteiger partial charge in [-0.2, -0.15) is 0 Å². The minimum Gasteiger partial charge on any atom is -0.262 e. The van der Waals surface area contributed by atoms with E-state index in [1.807, 2.05) is 25.1 Å². The van der Waals surface area contributed by atoms with Crippen LogP contribution in [-0.2, 0) is 29.7 Å². The highest BCUT2D eigenvalue weighted by Crippen LogP contribution is 2.35. The third-order valence-electron chi connectivity index (χ3n) is 5.26. The van der Waals surface area contributed by atoms with Crippen LogP contribution in [0.5, 0.6) is 0 Å². The van der Waals surface area contributed by atoms with Crippen LogP contribution in [0, 0.1) is 12.8 Å². The lowest BCUT2D eigenvalue weighted by Gasteiger charge is -2.33. The number of hydrogen-bond donors (Lipinski definition) is 0. The van der Waals surface area contributed by atoms with Gasteiger partial charge in [0.15, 0.2) is 0 Å². The van der Waals surface area contributed by atoms with Crippen molar-refractivity contribution in [2.75, 3.05) is 15.8 Å². The van der Waals surface area contributed by atoms with E-state index in [0.29, 0.717) is 11.4 Å². The molecule has 1 heterocycles. The Hall–Kier alpha value is -1.44. The van der Waals surface area contributed by atoms with Gasteiger partial charge in [0.05, 0.1) is 16.6 Å². The van der Waals surface area contributed by atoms with Crippen LogP contribution in [0.25, 0.3) is 0 Å². The molecule has 0 aliphatic carbocycles. The molecule has 7 heteroatoms. The van der Waals surface area contributed by atoms with E-state index >= 15 is 0 Å². The highest BCUT2D eigenvalue weighted by molar-refractivity contribution is 8.33. The summed E-state index contributed by atoms with van der Waals surface area (Å²) in [7, 11) is -6.25. The van der Waals surface area contributed by atoms with Gasteiger partial charge in [-0.3, -0.25) is 8.51 Å². The number of aryl methyl sites for hydroxylation is 1. The number of nitrogens with zero attached hydrogens (tertiary/aromatic N) is 1. The fourth-order valence-corrected chi connectivity index (χ4v) is 8.68. The monoisotopic (exact) mass is 437 g/mol. The molecule has 3 unspecified atom stereocenters. The van der Waals surface area contributed by atoms with Crippen molar-refractivity contribution in [3.63, 3.8) is 0 Å². The Kier molecular flexibility index (Phi) is 6.47. The summed E-state index contributed by atoms with van der Waals surface area (Å²) in [4.78, 5) is 0.249. The van der Waals surface area contributed by atoms with Crippen molar-refractivity contribution in [3.05, 3.63) is 60.2 Å². The van der Waals surface area contributed by atoms with Crippen molar-refractivity contribution in [1.82, 2.24) is 0 Å². The van der Waals surface area contributed by atoms with Crippen LogP contribution in [0.15, 0.2) is 59.5 Å². The van der Waals surface area contributed by atoms with Crippen molar-refractivity contribution in [3.8, 4) is 0 Å². The fourth-order valence-electron chi connectivity index (χ4n) is 3.81. The number of para-hydroxylation sites is 1. The van der Waals surface area contributed by atoms with Crippen LogP contribution in [0.1, 0.15) is 31.7 Å². The minimum atomic E-state index is -3.80. The quantitative estimate of drug-likeness (QED) is 0.654. The second kappa shape index (κ2) is 8.51. The molecule has 1 saturated heterocycles. The second-order valence-electron chi connectivity index (χ2n) is 7.50. The zero-order chi connectivity index (χ0) is 20.4. The maximum Gasteiger partial charge on any atom is 0.264 e.